The fourth-order valence-electron chi connectivity index (χ4n) is 6.76. The Morgan fingerprint density at radius 1 is 0.973 bits per heavy atom. The van der Waals surface area contributed by atoms with Gasteiger partial charge >= 0.3 is 6.01 Å². The Labute approximate surface area is 215 Å². The Morgan fingerprint density at radius 3 is 2.57 bits per heavy atom. The Bertz CT molecular complexity index is 1470. The predicted octanol–water partition coefficient (Wildman–Crippen LogP) is 6.50. The first-order chi connectivity index (χ1) is 18.1. The highest BCUT2D eigenvalue weighted by atomic mass is 19.1. The van der Waals surface area contributed by atoms with Gasteiger partial charge in [-0.05, 0) is 72.8 Å². The SMILES string of the molecule is Oc1cc(-c2ncc3c(N4CC5CCC(C5)C4)nc(OCC4CCCC4)nc3c2F)c2ccccc2c1. The second-order valence-corrected chi connectivity index (χ2v) is 11.1. The van der Waals surface area contributed by atoms with E-state index in [0.29, 0.717) is 35.3 Å². The third-order valence-electron chi connectivity index (χ3n) is 8.57. The number of halogens is 1. The van der Waals surface area contributed by atoms with Gasteiger partial charge in [-0.2, -0.15) is 9.97 Å². The normalized spacial score (nSPS) is 21.8. The first-order valence-corrected chi connectivity index (χ1v) is 13.6. The van der Waals surface area contributed by atoms with Crippen molar-refractivity contribution in [2.24, 2.45) is 17.8 Å². The summed E-state index contributed by atoms with van der Waals surface area (Å²) in [6, 6.07) is 11.1. The molecule has 6 nitrogen and oxygen atoms in total. The zero-order valence-corrected chi connectivity index (χ0v) is 20.9. The molecular weight excluding hydrogens is 467 g/mol. The third kappa shape index (κ3) is 4.14. The minimum atomic E-state index is -0.511. The van der Waals surface area contributed by atoms with Crippen LogP contribution in [0.5, 0.6) is 11.8 Å². The average molecular weight is 499 g/mol. The number of phenolic OH excluding ortho intramolecular Hbond substituents is 1. The van der Waals surface area contributed by atoms with Gasteiger partial charge in [-0.1, -0.05) is 37.1 Å². The van der Waals surface area contributed by atoms with Crippen molar-refractivity contribution in [3.05, 3.63) is 48.4 Å². The maximum absolute atomic E-state index is 16.3. The molecule has 4 aromatic rings. The number of anilines is 1. The molecule has 0 spiro atoms. The molecule has 0 amide bonds. The maximum atomic E-state index is 16.3. The van der Waals surface area contributed by atoms with E-state index in [-0.39, 0.29) is 23.0 Å². The van der Waals surface area contributed by atoms with E-state index >= 15 is 4.39 Å². The highest BCUT2D eigenvalue weighted by molar-refractivity contribution is 5.99. The van der Waals surface area contributed by atoms with Crippen LogP contribution in [-0.2, 0) is 0 Å². The van der Waals surface area contributed by atoms with Crippen molar-refractivity contribution in [3.8, 4) is 23.0 Å². The first kappa shape index (κ1) is 22.7. The topological polar surface area (TPSA) is 71.4 Å². The molecule has 0 radical (unpaired) electrons. The van der Waals surface area contributed by atoms with Crippen molar-refractivity contribution in [2.45, 2.75) is 44.9 Å². The van der Waals surface area contributed by atoms with Crippen molar-refractivity contribution in [1.29, 1.82) is 0 Å². The smallest absolute Gasteiger partial charge is 0.319 e. The Balaban J connectivity index is 1.36. The van der Waals surface area contributed by atoms with E-state index in [1.807, 2.05) is 24.3 Å². The van der Waals surface area contributed by atoms with Gasteiger partial charge in [0.25, 0.3) is 0 Å². The molecule has 7 rings (SSSR count). The molecule has 37 heavy (non-hydrogen) atoms. The van der Waals surface area contributed by atoms with Gasteiger partial charge in [0.05, 0.1) is 12.0 Å². The number of aromatic nitrogens is 3. The fourth-order valence-corrected chi connectivity index (χ4v) is 6.76. The molecule has 1 aliphatic heterocycles. The van der Waals surface area contributed by atoms with E-state index in [1.54, 1.807) is 18.3 Å². The molecule has 3 fully saturated rings. The lowest BCUT2D eigenvalue weighted by Crippen LogP contribution is -2.37. The van der Waals surface area contributed by atoms with E-state index in [2.05, 4.69) is 14.9 Å². The highest BCUT2D eigenvalue weighted by Crippen LogP contribution is 2.41. The molecule has 3 aliphatic rings. The lowest BCUT2D eigenvalue weighted by Gasteiger charge is -2.33. The van der Waals surface area contributed by atoms with Gasteiger partial charge in [-0.3, -0.25) is 4.98 Å². The zero-order valence-electron chi connectivity index (χ0n) is 20.9. The standard InChI is InChI=1S/C30H31FN4O2/c31-26-27(24-13-22(36)12-21-7-3-4-8-23(21)24)32-14-25-28(26)33-30(37-17-18-5-1-2-6-18)34-29(25)35-15-19-9-10-20(11-19)16-35/h3-4,7-8,12-14,18-20,36H,1-2,5-6,9-11,15-17H2. The molecule has 7 heteroatoms. The summed E-state index contributed by atoms with van der Waals surface area (Å²) in [4.78, 5) is 16.3. The fraction of sp³-hybridized carbons (Fsp3) is 0.433. The quantitative estimate of drug-likeness (QED) is 0.339. The Kier molecular flexibility index (Phi) is 5.59. The van der Waals surface area contributed by atoms with E-state index < -0.39 is 5.82 Å². The number of nitrogens with zero attached hydrogens (tertiary/aromatic N) is 4. The monoisotopic (exact) mass is 498 g/mol. The van der Waals surface area contributed by atoms with Crippen LogP contribution in [0.1, 0.15) is 44.9 Å². The van der Waals surface area contributed by atoms with Gasteiger partial charge in [0.2, 0.25) is 0 Å². The lowest BCUT2D eigenvalue weighted by molar-refractivity contribution is 0.235. The maximum Gasteiger partial charge on any atom is 0.319 e. The average Bonchev–Trinajstić information content (AvgIpc) is 3.56. The number of ether oxygens (including phenoxy) is 1. The molecule has 2 unspecified atom stereocenters. The molecule has 2 bridgehead atoms. The van der Waals surface area contributed by atoms with Gasteiger partial charge in [0, 0.05) is 24.8 Å². The molecule has 2 atom stereocenters. The van der Waals surface area contributed by atoms with Crippen LogP contribution >= 0.6 is 0 Å². The summed E-state index contributed by atoms with van der Waals surface area (Å²) in [5.74, 6) is 2.10. The Morgan fingerprint density at radius 2 is 1.76 bits per heavy atom. The summed E-state index contributed by atoms with van der Waals surface area (Å²) in [5.41, 5.74) is 0.936. The molecule has 2 aliphatic carbocycles. The van der Waals surface area contributed by atoms with E-state index in [1.165, 1.54) is 32.1 Å². The Hall–Kier alpha value is -3.48. The molecule has 2 aromatic carbocycles. The summed E-state index contributed by atoms with van der Waals surface area (Å²) in [7, 11) is 0. The van der Waals surface area contributed by atoms with E-state index in [0.717, 1.165) is 42.5 Å². The second kappa shape index (κ2) is 9.12. The number of benzene rings is 2. The highest BCUT2D eigenvalue weighted by Gasteiger charge is 2.35. The predicted molar refractivity (Wildman–Crippen MR) is 142 cm³/mol. The number of hydrogen-bond acceptors (Lipinski definition) is 6. The number of phenols is 1. The number of aromatic hydroxyl groups is 1. The minimum absolute atomic E-state index is 0.0720. The molecule has 3 heterocycles. The number of fused-ring (bicyclic) bond motifs is 4. The van der Waals surface area contributed by atoms with Crippen LogP contribution < -0.4 is 9.64 Å². The first-order valence-electron chi connectivity index (χ1n) is 13.6. The van der Waals surface area contributed by atoms with Crippen molar-refractivity contribution in [1.82, 2.24) is 15.0 Å². The third-order valence-corrected chi connectivity index (χ3v) is 8.57. The second-order valence-electron chi connectivity index (χ2n) is 11.1. The molecular formula is C30H31FN4O2. The molecule has 1 N–H and O–H groups in total. The molecule has 2 saturated carbocycles. The zero-order chi connectivity index (χ0) is 24.9. The van der Waals surface area contributed by atoms with Crippen LogP contribution in [0.4, 0.5) is 10.2 Å². The molecule has 2 aromatic heterocycles. The van der Waals surface area contributed by atoms with Crippen LogP contribution in [0.25, 0.3) is 32.9 Å². The van der Waals surface area contributed by atoms with Gasteiger partial charge in [0.15, 0.2) is 5.82 Å². The largest absolute Gasteiger partial charge is 0.508 e. The van der Waals surface area contributed by atoms with Crippen LogP contribution in [0, 0.1) is 23.6 Å². The molecule has 190 valence electrons. The van der Waals surface area contributed by atoms with Crippen LogP contribution in [0.3, 0.4) is 0 Å². The van der Waals surface area contributed by atoms with Gasteiger partial charge in [0.1, 0.15) is 22.8 Å². The summed E-state index contributed by atoms with van der Waals surface area (Å²) in [6.45, 7) is 2.41. The minimum Gasteiger partial charge on any atom is -0.508 e. The van der Waals surface area contributed by atoms with Gasteiger partial charge < -0.3 is 14.7 Å². The van der Waals surface area contributed by atoms with E-state index in [4.69, 9.17) is 9.72 Å². The number of rotatable bonds is 5. The van der Waals surface area contributed by atoms with Crippen LogP contribution in [-0.4, -0.2) is 39.8 Å². The van der Waals surface area contributed by atoms with Crippen molar-refractivity contribution >= 4 is 27.5 Å². The summed E-state index contributed by atoms with van der Waals surface area (Å²) in [6.07, 6.45) is 10.2. The van der Waals surface area contributed by atoms with Crippen molar-refractivity contribution in [3.63, 3.8) is 0 Å². The summed E-state index contributed by atoms with van der Waals surface area (Å²) < 4.78 is 22.5. The molecule has 1 saturated heterocycles. The van der Waals surface area contributed by atoms with Crippen molar-refractivity contribution in [2.75, 3.05) is 24.6 Å². The number of piperidine rings is 1. The van der Waals surface area contributed by atoms with E-state index in [9.17, 15) is 5.11 Å². The number of hydrogen-bond donors (Lipinski definition) is 1. The van der Waals surface area contributed by atoms with Crippen LogP contribution in [0.2, 0.25) is 0 Å². The van der Waals surface area contributed by atoms with Crippen LogP contribution in [0.15, 0.2) is 42.6 Å². The van der Waals surface area contributed by atoms with Gasteiger partial charge in [-0.25, -0.2) is 4.39 Å². The van der Waals surface area contributed by atoms with Gasteiger partial charge in [-0.15, -0.1) is 0 Å². The summed E-state index contributed by atoms with van der Waals surface area (Å²) >= 11 is 0. The van der Waals surface area contributed by atoms with Crippen molar-refractivity contribution < 1.29 is 14.2 Å². The number of pyridine rings is 1. The lowest BCUT2D eigenvalue weighted by atomic mass is 9.98. The summed E-state index contributed by atoms with van der Waals surface area (Å²) in [5, 5.41) is 12.6.